The molecule has 1 saturated heterocycles. The summed E-state index contributed by atoms with van der Waals surface area (Å²) in [4.78, 5) is 16.5. The molecule has 1 aliphatic heterocycles. The third-order valence-electron chi connectivity index (χ3n) is 5.97. The molecule has 0 spiro atoms. The molecule has 0 radical (unpaired) electrons. The minimum Gasteiger partial charge on any atom is -0.259 e. The second-order valence-corrected chi connectivity index (χ2v) is 9.39. The van der Waals surface area contributed by atoms with Crippen LogP contribution in [0.1, 0.15) is 64.2 Å². The van der Waals surface area contributed by atoms with E-state index in [9.17, 15) is 13.2 Å². The molecule has 1 aromatic carbocycles. The average molecular weight is 390 g/mol. The van der Waals surface area contributed by atoms with Crippen molar-refractivity contribution < 1.29 is 13.2 Å². The Morgan fingerprint density at radius 3 is 1.74 bits per heavy atom. The lowest BCUT2D eigenvalue weighted by atomic mass is 9.91. The van der Waals surface area contributed by atoms with Crippen molar-refractivity contribution in [3.8, 4) is 0 Å². The van der Waals surface area contributed by atoms with Crippen LogP contribution in [0.5, 0.6) is 0 Å². The van der Waals surface area contributed by atoms with E-state index >= 15 is 0 Å². The Morgan fingerprint density at radius 2 is 1.26 bits per heavy atom. The molecule has 2 saturated carbocycles. The van der Waals surface area contributed by atoms with E-state index in [0.29, 0.717) is 5.96 Å². The first kappa shape index (κ1) is 18.5. The van der Waals surface area contributed by atoms with Crippen LogP contribution in [0.15, 0.2) is 39.6 Å². The third kappa shape index (κ3) is 3.61. The minimum atomic E-state index is -3.83. The maximum atomic E-state index is 13.0. The highest BCUT2D eigenvalue weighted by atomic mass is 32.2. The second kappa shape index (κ2) is 7.62. The van der Waals surface area contributed by atoms with Gasteiger partial charge in [-0.2, -0.15) is 8.42 Å². The zero-order valence-electron chi connectivity index (χ0n) is 15.6. The molecule has 3 fully saturated rings. The van der Waals surface area contributed by atoms with Crippen LogP contribution < -0.4 is 0 Å². The molecule has 0 bridgehead atoms. The predicted molar refractivity (Wildman–Crippen MR) is 104 cm³/mol. The summed E-state index contributed by atoms with van der Waals surface area (Å²) in [7, 11) is -3.83. The third-order valence-corrected chi connectivity index (χ3v) is 7.24. The summed E-state index contributed by atoms with van der Waals surface area (Å²) in [5.41, 5.74) is 0. The fourth-order valence-corrected chi connectivity index (χ4v) is 5.51. The van der Waals surface area contributed by atoms with Gasteiger partial charge in [0.05, 0.1) is 4.90 Å². The van der Waals surface area contributed by atoms with E-state index in [1.54, 1.807) is 40.1 Å². The zero-order valence-corrected chi connectivity index (χ0v) is 16.4. The highest BCUT2D eigenvalue weighted by molar-refractivity contribution is 7.90. The van der Waals surface area contributed by atoms with Crippen LogP contribution in [0.2, 0.25) is 0 Å². The van der Waals surface area contributed by atoms with Gasteiger partial charge in [-0.1, -0.05) is 56.7 Å². The van der Waals surface area contributed by atoms with Crippen molar-refractivity contribution >= 4 is 22.0 Å². The molecule has 7 heteroatoms. The first-order chi connectivity index (χ1) is 13.1. The first-order valence-electron chi connectivity index (χ1n) is 10.1. The maximum Gasteiger partial charge on any atom is 0.334 e. The summed E-state index contributed by atoms with van der Waals surface area (Å²) in [6, 6.07) is 8.36. The normalized spacial score (nSPS) is 22.7. The smallest absolute Gasteiger partial charge is 0.259 e. The number of hydrogen-bond acceptors (Lipinski definition) is 3. The van der Waals surface area contributed by atoms with Crippen molar-refractivity contribution in [1.82, 2.24) is 9.80 Å². The Bertz CT molecular complexity index is 780. The van der Waals surface area contributed by atoms with Gasteiger partial charge in [0.25, 0.3) is 10.0 Å². The molecule has 2 amide bonds. The van der Waals surface area contributed by atoms with E-state index in [1.165, 1.54) is 12.8 Å². The molecule has 0 atom stereocenters. The van der Waals surface area contributed by atoms with Gasteiger partial charge in [-0.05, 0) is 37.8 Å². The molecule has 0 unspecified atom stereocenters. The molecule has 0 N–H and O–H groups in total. The molecule has 1 heterocycles. The number of carbonyl (C=O) groups is 1. The van der Waals surface area contributed by atoms with Crippen LogP contribution >= 0.6 is 0 Å². The maximum absolute atomic E-state index is 13.0. The number of benzene rings is 1. The summed E-state index contributed by atoms with van der Waals surface area (Å²) in [5, 5.41) is 0. The number of hydrogen-bond donors (Lipinski definition) is 0. The van der Waals surface area contributed by atoms with E-state index < -0.39 is 10.0 Å². The molecule has 146 valence electrons. The summed E-state index contributed by atoms with van der Waals surface area (Å²) < 4.78 is 29.9. The topological polar surface area (TPSA) is 70.0 Å². The van der Waals surface area contributed by atoms with Crippen molar-refractivity contribution in [2.24, 2.45) is 4.40 Å². The average Bonchev–Trinajstić information content (AvgIpc) is 2.70. The molecular weight excluding hydrogens is 362 g/mol. The SMILES string of the molecule is O=C1N(C2CCCCC2)C(=NS(=O)(=O)c2ccccc2)N1C1CCCCC1. The Hall–Kier alpha value is -1.89. The fourth-order valence-electron chi connectivity index (χ4n) is 4.52. The predicted octanol–water partition coefficient (Wildman–Crippen LogP) is 4.13. The summed E-state index contributed by atoms with van der Waals surface area (Å²) >= 11 is 0. The van der Waals surface area contributed by atoms with Crippen LogP contribution in [-0.4, -0.2) is 42.3 Å². The van der Waals surface area contributed by atoms with Crippen molar-refractivity contribution in [3.63, 3.8) is 0 Å². The lowest BCUT2D eigenvalue weighted by Gasteiger charge is -2.51. The molecule has 27 heavy (non-hydrogen) atoms. The second-order valence-electron chi connectivity index (χ2n) is 7.79. The molecule has 1 aromatic rings. The van der Waals surface area contributed by atoms with Gasteiger partial charge >= 0.3 is 6.03 Å². The largest absolute Gasteiger partial charge is 0.334 e. The molecule has 3 aliphatic rings. The van der Waals surface area contributed by atoms with Crippen LogP contribution in [0, 0.1) is 0 Å². The summed E-state index contributed by atoms with van der Waals surface area (Å²) in [6.45, 7) is 0. The van der Waals surface area contributed by atoms with Gasteiger partial charge < -0.3 is 0 Å². The van der Waals surface area contributed by atoms with Gasteiger partial charge in [-0.3, -0.25) is 9.80 Å². The molecule has 6 nitrogen and oxygen atoms in total. The van der Waals surface area contributed by atoms with Crippen molar-refractivity contribution in [3.05, 3.63) is 30.3 Å². The van der Waals surface area contributed by atoms with E-state index in [0.717, 1.165) is 51.4 Å². The van der Waals surface area contributed by atoms with E-state index in [4.69, 9.17) is 0 Å². The Labute approximate surface area is 161 Å². The number of sulfonamides is 1. The number of rotatable bonds is 4. The monoisotopic (exact) mass is 389 g/mol. The summed E-state index contributed by atoms with van der Waals surface area (Å²) in [5.74, 6) is 0.350. The number of guanidine groups is 1. The van der Waals surface area contributed by atoms with Gasteiger partial charge in [0.15, 0.2) is 0 Å². The number of urea groups is 1. The lowest BCUT2D eigenvalue weighted by Crippen LogP contribution is -2.70. The van der Waals surface area contributed by atoms with Crippen LogP contribution in [0.4, 0.5) is 4.79 Å². The van der Waals surface area contributed by atoms with Crippen molar-refractivity contribution in [2.75, 3.05) is 0 Å². The standard InChI is InChI=1S/C20H27N3O3S/c24-20-22(16-10-4-1-5-11-16)19(23(20)17-12-6-2-7-13-17)21-27(25,26)18-14-8-3-9-15-18/h3,8-9,14-17H,1-2,4-7,10-13H2. The summed E-state index contributed by atoms with van der Waals surface area (Å²) in [6.07, 6.45) is 10.4. The minimum absolute atomic E-state index is 0.0594. The van der Waals surface area contributed by atoms with Crippen LogP contribution in [-0.2, 0) is 10.0 Å². The van der Waals surface area contributed by atoms with Gasteiger partial charge in [0.2, 0.25) is 5.96 Å². The first-order valence-corrected chi connectivity index (χ1v) is 11.5. The van der Waals surface area contributed by atoms with E-state index in [-0.39, 0.29) is 23.0 Å². The van der Waals surface area contributed by atoms with E-state index in [1.807, 2.05) is 0 Å². The fraction of sp³-hybridized carbons (Fsp3) is 0.600. The number of amides is 2. The number of carbonyl (C=O) groups excluding carboxylic acids is 1. The molecule has 2 aliphatic carbocycles. The van der Waals surface area contributed by atoms with Gasteiger partial charge in [0, 0.05) is 12.1 Å². The van der Waals surface area contributed by atoms with Crippen molar-refractivity contribution in [1.29, 1.82) is 0 Å². The van der Waals surface area contributed by atoms with Gasteiger partial charge in [-0.15, -0.1) is 4.40 Å². The highest BCUT2D eigenvalue weighted by Crippen LogP contribution is 2.35. The zero-order chi connectivity index (χ0) is 18.9. The quantitative estimate of drug-likeness (QED) is 0.777. The van der Waals surface area contributed by atoms with Gasteiger partial charge in [-0.25, -0.2) is 4.79 Å². The van der Waals surface area contributed by atoms with E-state index in [2.05, 4.69) is 4.40 Å². The number of nitrogens with zero attached hydrogens (tertiary/aromatic N) is 3. The van der Waals surface area contributed by atoms with Crippen LogP contribution in [0.25, 0.3) is 0 Å². The Balaban J connectivity index is 1.67. The lowest BCUT2D eigenvalue weighted by molar-refractivity contribution is 0.106. The molecular formula is C20H27N3O3S. The highest BCUT2D eigenvalue weighted by Gasteiger charge is 2.49. The molecule has 0 aromatic heterocycles. The van der Waals surface area contributed by atoms with Crippen molar-refractivity contribution in [2.45, 2.75) is 81.2 Å². The Kier molecular flexibility index (Phi) is 5.21. The Morgan fingerprint density at radius 1 is 0.778 bits per heavy atom. The molecule has 4 rings (SSSR count). The van der Waals surface area contributed by atoms with Crippen LogP contribution in [0.3, 0.4) is 0 Å². The van der Waals surface area contributed by atoms with Gasteiger partial charge in [0.1, 0.15) is 0 Å².